The van der Waals surface area contributed by atoms with Gasteiger partial charge < -0.3 is 9.47 Å². The maximum absolute atomic E-state index is 10.9. The van der Waals surface area contributed by atoms with Crippen molar-refractivity contribution in [2.24, 2.45) is 5.84 Å². The molecule has 8 nitrogen and oxygen atoms in total. The molecule has 1 aromatic carbocycles. The average molecular weight is 297 g/mol. The van der Waals surface area contributed by atoms with Crippen LogP contribution in [0.3, 0.4) is 0 Å². The second-order valence-corrected chi connectivity index (χ2v) is 4.32. The van der Waals surface area contributed by atoms with E-state index in [1.807, 2.05) is 0 Å². The molecule has 0 aromatic heterocycles. The number of benzene rings is 1. The second-order valence-electron chi connectivity index (χ2n) is 4.32. The van der Waals surface area contributed by atoms with E-state index < -0.39 is 4.92 Å². The van der Waals surface area contributed by atoms with Crippen molar-refractivity contribution in [3.8, 4) is 11.5 Å². The zero-order chi connectivity index (χ0) is 15.7. The first-order valence-corrected chi connectivity index (χ1v) is 6.53. The van der Waals surface area contributed by atoms with Gasteiger partial charge >= 0.3 is 0 Å². The van der Waals surface area contributed by atoms with E-state index >= 15 is 0 Å². The molecule has 0 saturated heterocycles. The summed E-state index contributed by atoms with van der Waals surface area (Å²) >= 11 is 0. The van der Waals surface area contributed by atoms with Crippen molar-refractivity contribution in [1.29, 1.82) is 0 Å². The highest BCUT2D eigenvalue weighted by Gasteiger charge is 2.12. The number of ether oxygens (including phenoxy) is 2. The third-order valence-corrected chi connectivity index (χ3v) is 2.82. The number of nitro groups is 1. The fraction of sp³-hybridized carbons (Fsp3) is 0.462. The fourth-order valence-corrected chi connectivity index (χ4v) is 1.71. The van der Waals surface area contributed by atoms with Crippen LogP contribution in [0.5, 0.6) is 11.5 Å². The van der Waals surface area contributed by atoms with E-state index in [0.29, 0.717) is 30.9 Å². The molecule has 1 amide bonds. The maximum Gasteiger partial charge on any atom is 0.273 e. The molecule has 1 rings (SSSR count). The first-order chi connectivity index (χ1) is 10.1. The summed E-state index contributed by atoms with van der Waals surface area (Å²) < 4.78 is 10.6. The number of nitrogens with two attached hydrogens (primary N) is 1. The largest absolute Gasteiger partial charge is 0.493 e. The number of unbranched alkanes of at least 4 members (excludes halogenated alkanes) is 2. The predicted molar refractivity (Wildman–Crippen MR) is 75.9 cm³/mol. The Morgan fingerprint density at radius 2 is 2.10 bits per heavy atom. The van der Waals surface area contributed by atoms with Gasteiger partial charge in [0.15, 0.2) is 11.5 Å². The highest BCUT2D eigenvalue weighted by Crippen LogP contribution is 2.31. The number of hydrazine groups is 1. The van der Waals surface area contributed by atoms with Gasteiger partial charge in [0.1, 0.15) is 0 Å². The number of nitrogens with zero attached hydrogens (tertiary/aromatic N) is 1. The van der Waals surface area contributed by atoms with Gasteiger partial charge in [-0.1, -0.05) is 0 Å². The van der Waals surface area contributed by atoms with Crippen molar-refractivity contribution in [3.05, 3.63) is 28.3 Å². The smallest absolute Gasteiger partial charge is 0.273 e. The van der Waals surface area contributed by atoms with Gasteiger partial charge in [-0.3, -0.25) is 20.3 Å². The number of rotatable bonds is 9. The summed E-state index contributed by atoms with van der Waals surface area (Å²) in [6.07, 6.45) is 2.60. The van der Waals surface area contributed by atoms with Gasteiger partial charge in [-0.05, 0) is 25.3 Å². The van der Waals surface area contributed by atoms with Gasteiger partial charge in [0.05, 0.1) is 24.7 Å². The van der Waals surface area contributed by atoms with Crippen molar-refractivity contribution in [2.45, 2.75) is 25.7 Å². The molecule has 0 fully saturated rings. The highest BCUT2D eigenvalue weighted by atomic mass is 16.6. The Morgan fingerprint density at radius 1 is 1.33 bits per heavy atom. The molecular weight excluding hydrogens is 278 g/mol. The minimum absolute atomic E-state index is 0.0505. The predicted octanol–water partition coefficient (Wildman–Crippen LogP) is 1.53. The first-order valence-electron chi connectivity index (χ1n) is 6.53. The second kappa shape index (κ2) is 8.75. The number of amides is 1. The van der Waals surface area contributed by atoms with Gasteiger partial charge in [0, 0.05) is 12.5 Å². The number of hydrogen-bond acceptors (Lipinski definition) is 6. The quantitative estimate of drug-likeness (QED) is 0.235. The molecule has 0 bridgehead atoms. The maximum atomic E-state index is 10.9. The number of nitro benzene ring substituents is 1. The number of non-ortho nitro benzene ring substituents is 1. The van der Waals surface area contributed by atoms with Crippen molar-refractivity contribution >= 4 is 11.6 Å². The lowest BCUT2D eigenvalue weighted by atomic mass is 10.2. The molecule has 1 aromatic rings. The number of hydrogen-bond donors (Lipinski definition) is 2. The Balaban J connectivity index is 2.41. The molecule has 21 heavy (non-hydrogen) atoms. The van der Waals surface area contributed by atoms with E-state index in [0.717, 1.165) is 12.8 Å². The Kier molecular flexibility index (Phi) is 6.96. The van der Waals surface area contributed by atoms with Crippen LogP contribution in [0.25, 0.3) is 0 Å². The van der Waals surface area contributed by atoms with E-state index in [2.05, 4.69) is 5.43 Å². The summed E-state index contributed by atoms with van der Waals surface area (Å²) in [7, 11) is 1.47. The summed E-state index contributed by atoms with van der Waals surface area (Å²) in [5, 5.41) is 10.7. The van der Waals surface area contributed by atoms with E-state index in [4.69, 9.17) is 15.3 Å². The normalized spacial score (nSPS) is 10.0. The molecule has 8 heteroatoms. The monoisotopic (exact) mass is 297 g/mol. The third kappa shape index (κ3) is 5.65. The van der Waals surface area contributed by atoms with E-state index in [1.54, 1.807) is 0 Å². The number of carbonyl (C=O) groups is 1. The van der Waals surface area contributed by atoms with Crippen LogP contribution in [0.1, 0.15) is 25.7 Å². The molecule has 0 aliphatic rings. The van der Waals surface area contributed by atoms with E-state index in [1.165, 1.54) is 25.3 Å². The third-order valence-electron chi connectivity index (χ3n) is 2.82. The number of carbonyl (C=O) groups excluding carboxylic acids is 1. The summed E-state index contributed by atoms with van der Waals surface area (Å²) in [5.74, 6) is 5.55. The zero-order valence-electron chi connectivity index (χ0n) is 11.8. The minimum Gasteiger partial charge on any atom is -0.493 e. The molecule has 0 atom stereocenters. The minimum atomic E-state index is -0.488. The van der Waals surface area contributed by atoms with E-state index in [-0.39, 0.29) is 11.6 Å². The Bertz CT molecular complexity index is 493. The molecule has 0 aliphatic heterocycles. The van der Waals surface area contributed by atoms with Crippen molar-refractivity contribution in [3.63, 3.8) is 0 Å². The zero-order valence-corrected chi connectivity index (χ0v) is 11.8. The Hall–Kier alpha value is -2.35. The molecule has 0 heterocycles. The van der Waals surface area contributed by atoms with Crippen molar-refractivity contribution < 1.29 is 19.2 Å². The van der Waals surface area contributed by atoms with Crippen molar-refractivity contribution in [2.75, 3.05) is 13.7 Å². The van der Waals surface area contributed by atoms with Crippen LogP contribution in [-0.4, -0.2) is 24.5 Å². The van der Waals surface area contributed by atoms with Crippen LogP contribution in [0.2, 0.25) is 0 Å². The molecular formula is C13H19N3O5. The van der Waals surface area contributed by atoms with Crippen LogP contribution in [-0.2, 0) is 4.79 Å². The van der Waals surface area contributed by atoms with Gasteiger partial charge in [0.25, 0.3) is 5.69 Å². The molecule has 3 N–H and O–H groups in total. The molecule has 0 radical (unpaired) electrons. The van der Waals surface area contributed by atoms with E-state index in [9.17, 15) is 14.9 Å². The van der Waals surface area contributed by atoms with Gasteiger partial charge in [-0.25, -0.2) is 5.84 Å². The molecule has 0 unspecified atom stereocenters. The number of nitrogens with one attached hydrogen (secondary N) is 1. The number of methoxy groups -OCH3 is 1. The van der Waals surface area contributed by atoms with Gasteiger partial charge in [-0.15, -0.1) is 0 Å². The summed E-state index contributed by atoms with van der Waals surface area (Å²) in [4.78, 5) is 21.1. The lowest BCUT2D eigenvalue weighted by Crippen LogP contribution is -2.29. The molecule has 0 aliphatic carbocycles. The van der Waals surface area contributed by atoms with Crippen LogP contribution >= 0.6 is 0 Å². The van der Waals surface area contributed by atoms with Crippen LogP contribution in [0, 0.1) is 10.1 Å². The summed E-state index contributed by atoms with van der Waals surface area (Å²) in [6, 6.07) is 4.19. The topological polar surface area (TPSA) is 117 Å². The average Bonchev–Trinajstić information content (AvgIpc) is 2.49. The summed E-state index contributed by atoms with van der Waals surface area (Å²) in [5.41, 5.74) is 2.01. The summed E-state index contributed by atoms with van der Waals surface area (Å²) in [6.45, 7) is 0.391. The van der Waals surface area contributed by atoms with Crippen LogP contribution < -0.4 is 20.7 Å². The van der Waals surface area contributed by atoms with Gasteiger partial charge in [0.2, 0.25) is 5.91 Å². The fourth-order valence-electron chi connectivity index (χ4n) is 1.71. The molecule has 0 saturated carbocycles. The highest BCUT2D eigenvalue weighted by molar-refractivity contribution is 5.75. The lowest BCUT2D eigenvalue weighted by Gasteiger charge is -2.10. The Morgan fingerprint density at radius 3 is 2.71 bits per heavy atom. The van der Waals surface area contributed by atoms with Crippen molar-refractivity contribution in [1.82, 2.24) is 5.43 Å². The Labute approximate surface area is 122 Å². The first kappa shape index (κ1) is 16.7. The standard InChI is InChI=1S/C13H19N3O5/c1-20-11-7-6-10(16(18)19)9-12(11)21-8-4-2-3-5-13(17)15-14/h6-7,9H,2-5,8,14H2,1H3,(H,15,17). The molecule has 116 valence electrons. The SMILES string of the molecule is COc1ccc([N+](=O)[O-])cc1OCCCCCC(=O)NN. The van der Waals surface area contributed by atoms with Crippen LogP contribution in [0.15, 0.2) is 18.2 Å². The van der Waals surface area contributed by atoms with Gasteiger partial charge in [-0.2, -0.15) is 0 Å². The molecule has 0 spiro atoms. The lowest BCUT2D eigenvalue weighted by molar-refractivity contribution is -0.385. The van der Waals surface area contributed by atoms with Crippen LogP contribution in [0.4, 0.5) is 5.69 Å².